The van der Waals surface area contributed by atoms with E-state index in [-0.39, 0.29) is 0 Å². The summed E-state index contributed by atoms with van der Waals surface area (Å²) in [5.74, 6) is 3.07. The molecule has 1 aromatic rings. The van der Waals surface area contributed by atoms with Gasteiger partial charge < -0.3 is 16.8 Å². The van der Waals surface area contributed by atoms with Gasteiger partial charge in [-0.2, -0.15) is 0 Å². The second-order valence-corrected chi connectivity index (χ2v) is 6.29. The van der Waals surface area contributed by atoms with Gasteiger partial charge in [0.15, 0.2) is 0 Å². The van der Waals surface area contributed by atoms with Crippen molar-refractivity contribution in [3.05, 3.63) is 23.8 Å². The van der Waals surface area contributed by atoms with Gasteiger partial charge in [0.1, 0.15) is 0 Å². The Bertz CT molecular complexity index is 540. The number of primary amides is 1. The summed E-state index contributed by atoms with van der Waals surface area (Å²) in [5, 5.41) is 3.55. The molecule has 4 nitrogen and oxygen atoms in total. The molecule has 1 aromatic carbocycles. The number of carbonyl (C=O) groups excluding carboxylic acids is 1. The second kappa shape index (κ2) is 3.65. The molecule has 4 unspecified atom stereocenters. The summed E-state index contributed by atoms with van der Waals surface area (Å²) in [6, 6.07) is 6.03. The van der Waals surface area contributed by atoms with Crippen LogP contribution in [0.2, 0.25) is 0 Å². The highest BCUT2D eigenvalue weighted by atomic mass is 16.1. The smallest absolute Gasteiger partial charge is 0.250 e. The first kappa shape index (κ1) is 11.1. The quantitative estimate of drug-likeness (QED) is 0.722. The maximum Gasteiger partial charge on any atom is 0.250 e. The zero-order valence-corrected chi connectivity index (χ0v) is 10.8. The van der Waals surface area contributed by atoms with Gasteiger partial charge in [0.05, 0.1) is 16.9 Å². The normalized spacial score (nSPS) is 38.0. The molecule has 3 aliphatic rings. The lowest BCUT2D eigenvalue weighted by atomic mass is 10.0. The molecule has 4 heteroatoms. The molecule has 0 aliphatic heterocycles. The number of nitrogen functional groups attached to an aromatic ring is 1. The van der Waals surface area contributed by atoms with Gasteiger partial charge in [0, 0.05) is 6.04 Å². The first-order valence-electron chi connectivity index (χ1n) is 7.11. The average Bonchev–Trinajstić information content (AvgIpc) is 2.79. The summed E-state index contributed by atoms with van der Waals surface area (Å²) in [7, 11) is 0. The Kier molecular flexibility index (Phi) is 2.14. The Morgan fingerprint density at radius 2 is 1.89 bits per heavy atom. The molecule has 1 amide bonds. The Morgan fingerprint density at radius 3 is 2.53 bits per heavy atom. The summed E-state index contributed by atoms with van der Waals surface area (Å²) in [6.45, 7) is 0. The van der Waals surface area contributed by atoms with Crippen molar-refractivity contribution < 1.29 is 4.79 Å². The number of carbonyl (C=O) groups is 1. The first-order chi connectivity index (χ1) is 9.16. The van der Waals surface area contributed by atoms with E-state index >= 15 is 0 Å². The molecule has 19 heavy (non-hydrogen) atoms. The van der Waals surface area contributed by atoms with Gasteiger partial charge in [0.2, 0.25) is 0 Å². The molecule has 5 N–H and O–H groups in total. The fourth-order valence-electron chi connectivity index (χ4n) is 4.60. The maximum absolute atomic E-state index is 11.3. The fourth-order valence-corrected chi connectivity index (χ4v) is 4.60. The topological polar surface area (TPSA) is 81.1 Å². The molecule has 4 rings (SSSR count). The van der Waals surface area contributed by atoms with E-state index in [2.05, 4.69) is 5.32 Å². The van der Waals surface area contributed by atoms with Gasteiger partial charge in [-0.25, -0.2) is 0 Å². The monoisotopic (exact) mass is 257 g/mol. The van der Waals surface area contributed by atoms with E-state index in [4.69, 9.17) is 11.5 Å². The lowest BCUT2D eigenvalue weighted by Crippen LogP contribution is -2.17. The molecule has 0 spiro atoms. The van der Waals surface area contributed by atoms with Crippen molar-refractivity contribution in [2.75, 3.05) is 11.1 Å². The molecule has 100 valence electrons. The summed E-state index contributed by atoms with van der Waals surface area (Å²) >= 11 is 0. The number of para-hydroxylation sites is 1. The number of rotatable bonds is 3. The lowest BCUT2D eigenvalue weighted by molar-refractivity contribution is 0.100. The minimum absolute atomic E-state index is 0.416. The highest BCUT2D eigenvalue weighted by molar-refractivity contribution is 6.00. The van der Waals surface area contributed by atoms with Crippen molar-refractivity contribution in [3.63, 3.8) is 0 Å². The first-order valence-corrected chi connectivity index (χ1v) is 7.11. The molecule has 4 atom stereocenters. The van der Waals surface area contributed by atoms with Crippen molar-refractivity contribution in [1.82, 2.24) is 0 Å². The Labute approximate surface area is 112 Å². The Balaban J connectivity index is 1.56. The van der Waals surface area contributed by atoms with E-state index in [0.29, 0.717) is 17.3 Å². The van der Waals surface area contributed by atoms with Gasteiger partial charge in [-0.15, -0.1) is 0 Å². The van der Waals surface area contributed by atoms with Gasteiger partial charge in [0.25, 0.3) is 5.91 Å². The Morgan fingerprint density at radius 1 is 1.21 bits per heavy atom. The van der Waals surface area contributed by atoms with Gasteiger partial charge in [-0.1, -0.05) is 6.07 Å². The van der Waals surface area contributed by atoms with Crippen LogP contribution in [-0.4, -0.2) is 11.9 Å². The van der Waals surface area contributed by atoms with E-state index in [9.17, 15) is 4.79 Å². The van der Waals surface area contributed by atoms with Crippen LogP contribution in [0, 0.1) is 23.7 Å². The molecular weight excluding hydrogens is 238 g/mol. The van der Waals surface area contributed by atoms with Crippen LogP contribution in [-0.2, 0) is 0 Å². The summed E-state index contributed by atoms with van der Waals surface area (Å²) in [5.41, 5.74) is 13.1. The molecule has 2 bridgehead atoms. The molecular formula is C15H19N3O. The molecule has 0 saturated heterocycles. The SMILES string of the molecule is NC(=O)c1cccc(NC2C3C4CCC(C4)C23)c1N. The Hall–Kier alpha value is -1.71. The minimum atomic E-state index is -0.461. The number of anilines is 2. The van der Waals surface area contributed by atoms with Crippen LogP contribution in [0.25, 0.3) is 0 Å². The second-order valence-electron chi connectivity index (χ2n) is 6.29. The van der Waals surface area contributed by atoms with E-state index in [1.54, 1.807) is 6.07 Å². The van der Waals surface area contributed by atoms with Crippen molar-refractivity contribution >= 4 is 17.3 Å². The van der Waals surface area contributed by atoms with E-state index in [1.165, 1.54) is 19.3 Å². The predicted molar refractivity (Wildman–Crippen MR) is 74.6 cm³/mol. The number of hydrogen-bond donors (Lipinski definition) is 3. The zero-order valence-electron chi connectivity index (χ0n) is 10.8. The number of benzene rings is 1. The number of amides is 1. The lowest BCUT2D eigenvalue weighted by Gasteiger charge is -2.14. The summed E-state index contributed by atoms with van der Waals surface area (Å²) < 4.78 is 0. The highest BCUT2D eigenvalue weighted by Crippen LogP contribution is 2.66. The number of nitrogens with one attached hydrogen (secondary N) is 1. The van der Waals surface area contributed by atoms with Crippen LogP contribution in [0.3, 0.4) is 0 Å². The maximum atomic E-state index is 11.3. The van der Waals surface area contributed by atoms with Crippen LogP contribution in [0.4, 0.5) is 11.4 Å². The molecule has 0 aromatic heterocycles. The van der Waals surface area contributed by atoms with Crippen LogP contribution in [0.5, 0.6) is 0 Å². The van der Waals surface area contributed by atoms with E-state index in [0.717, 1.165) is 29.4 Å². The molecule has 0 radical (unpaired) electrons. The third-order valence-corrected chi connectivity index (χ3v) is 5.43. The van der Waals surface area contributed by atoms with Gasteiger partial charge in [-0.3, -0.25) is 4.79 Å². The predicted octanol–water partition coefficient (Wildman–Crippen LogP) is 1.82. The number of fused-ring (bicyclic) bond motifs is 5. The van der Waals surface area contributed by atoms with E-state index < -0.39 is 5.91 Å². The number of hydrogen-bond acceptors (Lipinski definition) is 3. The molecule has 3 fully saturated rings. The third-order valence-electron chi connectivity index (χ3n) is 5.43. The molecule has 3 saturated carbocycles. The summed E-state index contributed by atoms with van der Waals surface area (Å²) in [6.07, 6.45) is 4.24. The third kappa shape index (κ3) is 1.49. The molecule has 0 heterocycles. The van der Waals surface area contributed by atoms with E-state index in [1.807, 2.05) is 12.1 Å². The number of nitrogens with two attached hydrogens (primary N) is 2. The minimum Gasteiger partial charge on any atom is -0.396 e. The van der Waals surface area contributed by atoms with Crippen molar-refractivity contribution in [1.29, 1.82) is 0 Å². The van der Waals surface area contributed by atoms with Gasteiger partial charge in [-0.05, 0) is 55.1 Å². The van der Waals surface area contributed by atoms with Gasteiger partial charge >= 0.3 is 0 Å². The van der Waals surface area contributed by atoms with Crippen LogP contribution in [0.1, 0.15) is 29.6 Å². The standard InChI is InChI=1S/C15H19N3O/c16-13-9(15(17)19)2-1-3-10(13)18-14-11-7-4-5-8(6-7)12(11)14/h1-3,7-8,11-12,14,18H,4-6,16H2,(H2,17,19). The fraction of sp³-hybridized carbons (Fsp3) is 0.533. The van der Waals surface area contributed by atoms with Crippen molar-refractivity contribution in [3.8, 4) is 0 Å². The van der Waals surface area contributed by atoms with Crippen molar-refractivity contribution in [2.45, 2.75) is 25.3 Å². The highest BCUT2D eigenvalue weighted by Gasteiger charge is 2.65. The molecule has 3 aliphatic carbocycles. The largest absolute Gasteiger partial charge is 0.396 e. The zero-order chi connectivity index (χ0) is 13.1. The van der Waals surface area contributed by atoms with Crippen molar-refractivity contribution in [2.24, 2.45) is 29.4 Å². The summed E-state index contributed by atoms with van der Waals surface area (Å²) in [4.78, 5) is 11.3. The average molecular weight is 257 g/mol. The van der Waals surface area contributed by atoms with Crippen LogP contribution in [0.15, 0.2) is 18.2 Å². The van der Waals surface area contributed by atoms with Crippen LogP contribution < -0.4 is 16.8 Å². The van der Waals surface area contributed by atoms with Crippen LogP contribution >= 0.6 is 0 Å².